The third-order valence-corrected chi connectivity index (χ3v) is 5.27. The number of carbonyl (C=O) groups is 2. The Kier molecular flexibility index (Phi) is 5.82. The molecule has 2 N–H and O–H groups in total. The molecule has 0 aliphatic carbocycles. The highest BCUT2D eigenvalue weighted by Crippen LogP contribution is 2.30. The lowest BCUT2D eigenvalue weighted by atomic mass is 9.91. The number of nitrogens with zero attached hydrogens (tertiary/aromatic N) is 2. The number of methoxy groups -OCH3 is 1. The summed E-state index contributed by atoms with van der Waals surface area (Å²) in [6.07, 6.45) is 0. The van der Waals surface area contributed by atoms with E-state index in [-0.39, 0.29) is 6.03 Å². The summed E-state index contributed by atoms with van der Waals surface area (Å²) >= 11 is 0. The molecule has 3 rings (SSSR count). The largest absolute Gasteiger partial charge is 0.466 e. The van der Waals surface area contributed by atoms with Crippen molar-refractivity contribution < 1.29 is 14.3 Å². The molecule has 2 heterocycles. The first-order valence-electron chi connectivity index (χ1n) is 9.26. The van der Waals surface area contributed by atoms with Crippen LogP contribution in [0.5, 0.6) is 0 Å². The Bertz CT molecular complexity index is 766. The molecular weight excluding hydrogens is 344 g/mol. The molecule has 0 spiro atoms. The van der Waals surface area contributed by atoms with E-state index in [2.05, 4.69) is 33.5 Å². The van der Waals surface area contributed by atoms with Crippen LogP contribution >= 0.6 is 0 Å². The van der Waals surface area contributed by atoms with Gasteiger partial charge < -0.3 is 20.3 Å². The number of hydrogen-bond acceptors (Lipinski definition) is 5. The first kappa shape index (κ1) is 19.4. The van der Waals surface area contributed by atoms with Gasteiger partial charge in [0.05, 0.1) is 18.7 Å². The summed E-state index contributed by atoms with van der Waals surface area (Å²) in [6.45, 7) is 8.26. The van der Waals surface area contributed by atoms with E-state index in [0.29, 0.717) is 17.8 Å². The van der Waals surface area contributed by atoms with Crippen molar-refractivity contribution in [3.63, 3.8) is 0 Å². The molecule has 7 nitrogen and oxygen atoms in total. The number of likely N-dealkylation sites (N-methyl/N-ethyl adjacent to an activating group) is 1. The van der Waals surface area contributed by atoms with Crippen LogP contribution in [-0.2, 0) is 9.53 Å². The van der Waals surface area contributed by atoms with Crippen LogP contribution < -0.4 is 10.6 Å². The van der Waals surface area contributed by atoms with Crippen LogP contribution in [0.25, 0.3) is 0 Å². The fourth-order valence-electron chi connectivity index (χ4n) is 3.71. The Morgan fingerprint density at radius 3 is 2.56 bits per heavy atom. The molecule has 2 aliphatic rings. The van der Waals surface area contributed by atoms with E-state index >= 15 is 0 Å². The standard InChI is InChI=1S/C20H28N4O3/c1-13-5-6-15(14(2)11-13)18-17(19(25)27-4)16(21-20(26)22-18)12-24-9-7-23(3)8-10-24/h5-6,11,18H,7-10,12H2,1-4H3,(H2,21,22,26)/t18-/m0/s1. The smallest absolute Gasteiger partial charge is 0.338 e. The van der Waals surface area contributed by atoms with E-state index in [1.165, 1.54) is 7.11 Å². The molecule has 1 aromatic carbocycles. The average Bonchev–Trinajstić information content (AvgIpc) is 2.62. The first-order chi connectivity index (χ1) is 12.9. The van der Waals surface area contributed by atoms with Crippen molar-refractivity contribution in [3.05, 3.63) is 46.2 Å². The molecule has 146 valence electrons. The second-order valence-corrected chi connectivity index (χ2v) is 7.35. The number of urea groups is 1. The normalized spacial score (nSPS) is 21.6. The van der Waals surface area contributed by atoms with E-state index in [4.69, 9.17) is 4.74 Å². The molecule has 0 saturated carbocycles. The number of amides is 2. The predicted molar refractivity (Wildman–Crippen MR) is 103 cm³/mol. The molecule has 1 fully saturated rings. The summed E-state index contributed by atoms with van der Waals surface area (Å²) in [5, 5.41) is 5.74. The van der Waals surface area contributed by atoms with Crippen molar-refractivity contribution in [2.24, 2.45) is 0 Å². The lowest BCUT2D eigenvalue weighted by Gasteiger charge is -2.36. The Hall–Kier alpha value is -2.38. The second kappa shape index (κ2) is 8.10. The van der Waals surface area contributed by atoms with Gasteiger partial charge in [-0.3, -0.25) is 4.90 Å². The number of hydrogen-bond donors (Lipinski definition) is 2. The molecule has 1 aromatic rings. The third kappa shape index (κ3) is 4.31. The van der Waals surface area contributed by atoms with E-state index in [1.54, 1.807) is 0 Å². The van der Waals surface area contributed by atoms with Crippen LogP contribution in [0, 0.1) is 13.8 Å². The lowest BCUT2D eigenvalue weighted by molar-refractivity contribution is -0.136. The Labute approximate surface area is 160 Å². The van der Waals surface area contributed by atoms with Gasteiger partial charge in [-0.25, -0.2) is 9.59 Å². The van der Waals surface area contributed by atoms with Crippen LogP contribution in [0.2, 0.25) is 0 Å². The van der Waals surface area contributed by atoms with Crippen molar-refractivity contribution in [2.75, 3.05) is 46.9 Å². The van der Waals surface area contributed by atoms with Gasteiger partial charge in [0.1, 0.15) is 0 Å². The maximum absolute atomic E-state index is 12.6. The van der Waals surface area contributed by atoms with Gasteiger partial charge in [0.25, 0.3) is 0 Å². The molecule has 0 aromatic heterocycles. The van der Waals surface area contributed by atoms with Crippen LogP contribution in [0.3, 0.4) is 0 Å². The number of benzene rings is 1. The minimum absolute atomic E-state index is 0.295. The maximum Gasteiger partial charge on any atom is 0.338 e. The SMILES string of the molecule is COC(=O)C1=C(CN2CCN(C)CC2)NC(=O)N[C@H]1c1ccc(C)cc1C. The minimum Gasteiger partial charge on any atom is -0.466 e. The summed E-state index contributed by atoms with van der Waals surface area (Å²) in [5.41, 5.74) is 4.18. The van der Waals surface area contributed by atoms with E-state index in [0.717, 1.165) is 42.9 Å². The number of nitrogens with one attached hydrogen (secondary N) is 2. The zero-order valence-electron chi connectivity index (χ0n) is 16.5. The van der Waals surface area contributed by atoms with E-state index in [1.807, 2.05) is 26.0 Å². The third-order valence-electron chi connectivity index (χ3n) is 5.27. The van der Waals surface area contributed by atoms with Crippen molar-refractivity contribution >= 4 is 12.0 Å². The fraction of sp³-hybridized carbons (Fsp3) is 0.500. The lowest BCUT2D eigenvalue weighted by Crippen LogP contribution is -2.51. The second-order valence-electron chi connectivity index (χ2n) is 7.35. The molecule has 1 saturated heterocycles. The van der Waals surface area contributed by atoms with E-state index in [9.17, 15) is 9.59 Å². The molecule has 0 radical (unpaired) electrons. The predicted octanol–water partition coefficient (Wildman–Crippen LogP) is 1.33. The van der Waals surface area contributed by atoms with Gasteiger partial charge in [0, 0.05) is 38.4 Å². The summed E-state index contributed by atoms with van der Waals surface area (Å²) < 4.78 is 5.06. The first-order valence-corrected chi connectivity index (χ1v) is 9.26. The number of rotatable bonds is 4. The topological polar surface area (TPSA) is 73.9 Å². The average molecular weight is 372 g/mol. The quantitative estimate of drug-likeness (QED) is 0.780. The van der Waals surface area contributed by atoms with Crippen molar-refractivity contribution in [1.29, 1.82) is 0 Å². The van der Waals surface area contributed by atoms with Crippen LogP contribution in [-0.4, -0.2) is 68.7 Å². The van der Waals surface area contributed by atoms with Gasteiger partial charge >= 0.3 is 12.0 Å². The highest BCUT2D eigenvalue weighted by atomic mass is 16.5. The summed E-state index contributed by atoms with van der Waals surface area (Å²) in [6, 6.07) is 5.20. The Balaban J connectivity index is 1.98. The van der Waals surface area contributed by atoms with Gasteiger partial charge in [0.15, 0.2) is 0 Å². The van der Waals surface area contributed by atoms with Gasteiger partial charge in [-0.1, -0.05) is 23.8 Å². The van der Waals surface area contributed by atoms with Crippen molar-refractivity contribution in [3.8, 4) is 0 Å². The van der Waals surface area contributed by atoms with Crippen LogP contribution in [0.4, 0.5) is 4.79 Å². The van der Waals surface area contributed by atoms with Crippen LogP contribution in [0.15, 0.2) is 29.5 Å². The Morgan fingerprint density at radius 1 is 1.22 bits per heavy atom. The Morgan fingerprint density at radius 2 is 1.93 bits per heavy atom. The monoisotopic (exact) mass is 372 g/mol. The summed E-state index contributed by atoms with van der Waals surface area (Å²) in [5.74, 6) is -0.420. The number of ether oxygens (including phenoxy) is 1. The highest BCUT2D eigenvalue weighted by molar-refractivity contribution is 5.95. The van der Waals surface area contributed by atoms with Crippen molar-refractivity contribution in [1.82, 2.24) is 20.4 Å². The molecule has 27 heavy (non-hydrogen) atoms. The molecule has 2 amide bonds. The van der Waals surface area contributed by atoms with Crippen molar-refractivity contribution in [2.45, 2.75) is 19.9 Å². The molecule has 0 unspecified atom stereocenters. The maximum atomic E-state index is 12.6. The van der Waals surface area contributed by atoms with Gasteiger partial charge in [0.2, 0.25) is 0 Å². The molecule has 0 bridgehead atoms. The zero-order valence-corrected chi connectivity index (χ0v) is 16.5. The molecule has 7 heteroatoms. The van der Waals surface area contributed by atoms with Gasteiger partial charge in [-0.2, -0.15) is 0 Å². The fourth-order valence-corrected chi connectivity index (χ4v) is 3.71. The number of carbonyl (C=O) groups excluding carboxylic acids is 2. The summed E-state index contributed by atoms with van der Waals surface area (Å²) in [4.78, 5) is 29.5. The molecule has 2 aliphatic heterocycles. The number of esters is 1. The van der Waals surface area contributed by atoms with Gasteiger partial charge in [-0.05, 0) is 32.0 Å². The molecular formula is C20H28N4O3. The molecule has 1 atom stereocenters. The number of piperazine rings is 1. The summed E-state index contributed by atoms with van der Waals surface area (Å²) in [7, 11) is 3.47. The van der Waals surface area contributed by atoms with E-state index < -0.39 is 12.0 Å². The highest BCUT2D eigenvalue weighted by Gasteiger charge is 2.35. The van der Waals surface area contributed by atoms with Gasteiger partial charge in [-0.15, -0.1) is 0 Å². The number of aryl methyl sites for hydroxylation is 2. The zero-order chi connectivity index (χ0) is 19.6. The van der Waals surface area contributed by atoms with Crippen LogP contribution in [0.1, 0.15) is 22.7 Å². The minimum atomic E-state index is -0.519.